The normalized spacial score (nSPS) is 9.87. The van der Waals surface area contributed by atoms with E-state index in [-0.39, 0.29) is 5.91 Å². The van der Waals surface area contributed by atoms with E-state index in [9.17, 15) is 4.79 Å². The summed E-state index contributed by atoms with van der Waals surface area (Å²) in [6, 6.07) is 4.19. The van der Waals surface area contributed by atoms with E-state index in [0.29, 0.717) is 5.70 Å². The maximum absolute atomic E-state index is 10.9. The number of benzene rings is 1. The molecule has 0 saturated carbocycles. The minimum atomic E-state index is -0.0839. The summed E-state index contributed by atoms with van der Waals surface area (Å²) in [7, 11) is 0. The molecule has 1 amide bonds. The summed E-state index contributed by atoms with van der Waals surface area (Å²) in [6.07, 6.45) is 0. The molecule has 1 aromatic carbocycles. The second kappa shape index (κ2) is 4.30. The lowest BCUT2D eigenvalue weighted by Crippen LogP contribution is -2.18. The van der Waals surface area contributed by atoms with Crippen molar-refractivity contribution in [2.75, 3.05) is 0 Å². The van der Waals surface area contributed by atoms with Crippen molar-refractivity contribution in [3.8, 4) is 0 Å². The number of amides is 1. The van der Waals surface area contributed by atoms with Crippen LogP contribution in [0.4, 0.5) is 0 Å². The van der Waals surface area contributed by atoms with Crippen molar-refractivity contribution in [1.82, 2.24) is 5.32 Å². The van der Waals surface area contributed by atoms with Crippen LogP contribution in [-0.4, -0.2) is 5.91 Å². The summed E-state index contributed by atoms with van der Waals surface area (Å²) in [4.78, 5) is 10.9. The number of nitrogens with one attached hydrogen (secondary N) is 1. The first-order valence-corrected chi connectivity index (χ1v) is 4.96. The molecule has 0 heterocycles. The van der Waals surface area contributed by atoms with Crippen molar-refractivity contribution in [3.63, 3.8) is 0 Å². The van der Waals surface area contributed by atoms with E-state index < -0.39 is 0 Å². The zero-order chi connectivity index (χ0) is 11.6. The Hall–Kier alpha value is -1.57. The highest BCUT2D eigenvalue weighted by molar-refractivity contribution is 5.85. The summed E-state index contributed by atoms with van der Waals surface area (Å²) in [5.74, 6) is -0.0839. The molecule has 0 aliphatic carbocycles. The minimum Gasteiger partial charge on any atom is -0.326 e. The molecular weight excluding hydrogens is 186 g/mol. The Morgan fingerprint density at radius 3 is 2.07 bits per heavy atom. The van der Waals surface area contributed by atoms with Gasteiger partial charge in [-0.05, 0) is 31.9 Å². The number of carbonyl (C=O) groups excluding carboxylic acids is 1. The van der Waals surface area contributed by atoms with Crippen LogP contribution >= 0.6 is 0 Å². The van der Waals surface area contributed by atoms with Gasteiger partial charge in [0, 0.05) is 18.2 Å². The molecule has 2 heteroatoms. The van der Waals surface area contributed by atoms with Gasteiger partial charge < -0.3 is 5.32 Å². The van der Waals surface area contributed by atoms with Crippen molar-refractivity contribution in [2.45, 2.75) is 27.7 Å². The van der Waals surface area contributed by atoms with E-state index in [1.165, 1.54) is 12.5 Å². The Bertz CT molecular complexity index is 396. The van der Waals surface area contributed by atoms with Crippen molar-refractivity contribution in [1.29, 1.82) is 0 Å². The predicted octanol–water partition coefficient (Wildman–Crippen LogP) is 2.72. The third-order valence-corrected chi connectivity index (χ3v) is 2.31. The number of hydrogen-bond donors (Lipinski definition) is 1. The zero-order valence-corrected chi connectivity index (χ0v) is 9.77. The highest BCUT2D eigenvalue weighted by Gasteiger charge is 2.08. The fraction of sp³-hybridized carbons (Fsp3) is 0.308. The molecule has 1 N–H and O–H groups in total. The van der Waals surface area contributed by atoms with Gasteiger partial charge in [0.2, 0.25) is 5.91 Å². The molecule has 80 valence electrons. The van der Waals surface area contributed by atoms with Crippen LogP contribution in [0.2, 0.25) is 0 Å². The van der Waals surface area contributed by atoms with Crippen molar-refractivity contribution in [2.24, 2.45) is 0 Å². The van der Waals surface area contributed by atoms with E-state index in [1.807, 2.05) is 13.8 Å². The topological polar surface area (TPSA) is 29.1 Å². The van der Waals surface area contributed by atoms with Gasteiger partial charge in [-0.25, -0.2) is 0 Å². The number of aryl methyl sites for hydroxylation is 3. The summed E-state index contributed by atoms with van der Waals surface area (Å²) < 4.78 is 0. The van der Waals surface area contributed by atoms with Crippen LogP contribution in [-0.2, 0) is 4.79 Å². The summed E-state index contributed by atoms with van der Waals surface area (Å²) in [6.45, 7) is 11.5. The molecule has 2 nitrogen and oxygen atoms in total. The highest BCUT2D eigenvalue weighted by atomic mass is 16.1. The van der Waals surface area contributed by atoms with Gasteiger partial charge in [-0.3, -0.25) is 4.79 Å². The van der Waals surface area contributed by atoms with Crippen molar-refractivity contribution >= 4 is 11.6 Å². The molecule has 1 rings (SSSR count). The Balaban J connectivity index is 3.14. The van der Waals surface area contributed by atoms with E-state index in [0.717, 1.165) is 16.7 Å². The van der Waals surface area contributed by atoms with Crippen LogP contribution in [0.15, 0.2) is 18.7 Å². The van der Waals surface area contributed by atoms with Crippen LogP contribution in [0, 0.1) is 20.8 Å². The predicted molar refractivity (Wildman–Crippen MR) is 63.5 cm³/mol. The van der Waals surface area contributed by atoms with Gasteiger partial charge >= 0.3 is 0 Å². The van der Waals surface area contributed by atoms with Gasteiger partial charge in [0.25, 0.3) is 0 Å². The zero-order valence-electron chi connectivity index (χ0n) is 9.77. The van der Waals surface area contributed by atoms with Crippen LogP contribution in [0.25, 0.3) is 5.70 Å². The van der Waals surface area contributed by atoms with E-state index in [4.69, 9.17) is 0 Å². The van der Waals surface area contributed by atoms with Crippen LogP contribution < -0.4 is 5.32 Å². The van der Waals surface area contributed by atoms with Crippen molar-refractivity contribution < 1.29 is 4.79 Å². The lowest BCUT2D eigenvalue weighted by atomic mass is 9.98. The second-order valence-corrected chi connectivity index (χ2v) is 3.93. The molecule has 0 saturated heterocycles. The van der Waals surface area contributed by atoms with Gasteiger partial charge in [-0.1, -0.05) is 24.3 Å². The Morgan fingerprint density at radius 1 is 1.20 bits per heavy atom. The average Bonchev–Trinajstić information content (AvgIpc) is 1.99. The maximum Gasteiger partial charge on any atom is 0.221 e. The minimum absolute atomic E-state index is 0.0839. The number of rotatable bonds is 2. The highest BCUT2D eigenvalue weighted by Crippen LogP contribution is 2.21. The third-order valence-electron chi connectivity index (χ3n) is 2.31. The first kappa shape index (κ1) is 11.5. The molecule has 1 aromatic rings. The fourth-order valence-corrected chi connectivity index (χ4v) is 1.93. The van der Waals surface area contributed by atoms with Crippen molar-refractivity contribution in [3.05, 3.63) is 41.0 Å². The van der Waals surface area contributed by atoms with E-state index >= 15 is 0 Å². The Morgan fingerprint density at radius 2 is 1.67 bits per heavy atom. The smallest absolute Gasteiger partial charge is 0.221 e. The quantitative estimate of drug-likeness (QED) is 0.786. The molecule has 0 spiro atoms. The molecule has 0 atom stereocenters. The molecule has 0 radical (unpaired) electrons. The standard InChI is InChI=1S/C13H17NO/c1-8-6-9(2)13(10(3)7-8)11(4)14-12(5)15/h6-7H,4H2,1-3,5H3,(H,14,15). The number of hydrogen-bond acceptors (Lipinski definition) is 1. The van der Waals surface area contributed by atoms with Gasteiger partial charge in [0.1, 0.15) is 0 Å². The molecule has 0 fully saturated rings. The van der Waals surface area contributed by atoms with Gasteiger partial charge in [0.05, 0.1) is 0 Å². The van der Waals surface area contributed by atoms with Gasteiger partial charge in [-0.15, -0.1) is 0 Å². The SMILES string of the molecule is C=C(NC(C)=O)c1c(C)cc(C)cc1C. The lowest BCUT2D eigenvalue weighted by molar-refractivity contribution is -0.117. The average molecular weight is 203 g/mol. The molecule has 0 unspecified atom stereocenters. The number of carbonyl (C=O) groups is 1. The first-order chi connectivity index (χ1) is 6.91. The first-order valence-electron chi connectivity index (χ1n) is 4.96. The van der Waals surface area contributed by atoms with Gasteiger partial charge in [0.15, 0.2) is 0 Å². The fourth-order valence-electron chi connectivity index (χ4n) is 1.93. The monoisotopic (exact) mass is 203 g/mol. The molecule has 15 heavy (non-hydrogen) atoms. The third kappa shape index (κ3) is 2.69. The van der Waals surface area contributed by atoms with E-state index in [2.05, 4.69) is 31.0 Å². The maximum atomic E-state index is 10.9. The molecule has 0 bridgehead atoms. The largest absolute Gasteiger partial charge is 0.326 e. The summed E-state index contributed by atoms with van der Waals surface area (Å²) in [5.41, 5.74) is 5.23. The molecule has 0 aliphatic heterocycles. The second-order valence-electron chi connectivity index (χ2n) is 3.93. The Kier molecular flexibility index (Phi) is 3.30. The Labute approximate surface area is 91.0 Å². The summed E-state index contributed by atoms with van der Waals surface area (Å²) in [5, 5.41) is 2.73. The summed E-state index contributed by atoms with van der Waals surface area (Å²) >= 11 is 0. The van der Waals surface area contributed by atoms with Crippen LogP contribution in [0.3, 0.4) is 0 Å². The van der Waals surface area contributed by atoms with Crippen LogP contribution in [0.1, 0.15) is 29.2 Å². The van der Waals surface area contributed by atoms with E-state index in [1.54, 1.807) is 0 Å². The van der Waals surface area contributed by atoms with Gasteiger partial charge in [-0.2, -0.15) is 0 Å². The molecule has 0 aliphatic rings. The molecular formula is C13H17NO. The van der Waals surface area contributed by atoms with Crippen LogP contribution in [0.5, 0.6) is 0 Å². The molecule has 0 aromatic heterocycles. The lowest BCUT2D eigenvalue weighted by Gasteiger charge is -2.13.